The number of aryl methyl sites for hydroxylation is 1. The van der Waals surface area contributed by atoms with Crippen molar-refractivity contribution in [1.82, 2.24) is 0 Å². The summed E-state index contributed by atoms with van der Waals surface area (Å²) in [7, 11) is 1.55. The summed E-state index contributed by atoms with van der Waals surface area (Å²) in [5, 5.41) is 13.2. The Hall–Kier alpha value is -1.75. The molecular weight excluding hydrogens is 244 g/mol. The number of anilines is 1. The predicted molar refractivity (Wildman–Crippen MR) is 73.7 cm³/mol. The molecule has 0 unspecified atom stereocenters. The fourth-order valence-corrected chi connectivity index (χ4v) is 2.46. The minimum absolute atomic E-state index is 0.132. The zero-order chi connectivity index (χ0) is 14.2. The van der Waals surface area contributed by atoms with E-state index in [0.29, 0.717) is 30.0 Å². The molecule has 2 rings (SSSR count). The predicted octanol–water partition coefficient (Wildman–Crippen LogP) is 1.52. The van der Waals surface area contributed by atoms with Gasteiger partial charge in [0, 0.05) is 5.56 Å². The van der Waals surface area contributed by atoms with Gasteiger partial charge in [-0.05, 0) is 44.9 Å². The number of aromatic hydroxyl groups is 1. The van der Waals surface area contributed by atoms with Gasteiger partial charge < -0.3 is 20.9 Å². The summed E-state index contributed by atoms with van der Waals surface area (Å²) in [5.74, 6) is 0.624. The van der Waals surface area contributed by atoms with Crippen molar-refractivity contribution in [3.05, 3.63) is 17.2 Å². The van der Waals surface area contributed by atoms with Crippen LogP contribution in [0.4, 0.5) is 5.69 Å². The Balaban J connectivity index is 2.60. The molecule has 0 aromatic heterocycles. The molecule has 0 saturated heterocycles. The molecule has 5 heteroatoms. The van der Waals surface area contributed by atoms with Gasteiger partial charge in [0.05, 0.1) is 18.2 Å². The van der Waals surface area contributed by atoms with Crippen molar-refractivity contribution in [1.29, 1.82) is 0 Å². The number of carbonyl (C=O) groups is 1. The maximum atomic E-state index is 12.0. The Kier molecular flexibility index (Phi) is 3.41. The molecule has 0 aliphatic carbocycles. The molecule has 104 valence electrons. The third kappa shape index (κ3) is 2.04. The Labute approximate surface area is 112 Å². The van der Waals surface area contributed by atoms with E-state index < -0.39 is 5.41 Å². The summed E-state index contributed by atoms with van der Waals surface area (Å²) in [4.78, 5) is 12.0. The number of rotatable bonds is 4. The van der Waals surface area contributed by atoms with Crippen LogP contribution < -0.4 is 15.8 Å². The molecule has 0 spiro atoms. The van der Waals surface area contributed by atoms with Crippen LogP contribution in [-0.2, 0) is 16.6 Å². The van der Waals surface area contributed by atoms with Crippen LogP contribution in [0.3, 0.4) is 0 Å². The minimum Gasteiger partial charge on any atom is -0.507 e. The highest BCUT2D eigenvalue weighted by Crippen LogP contribution is 2.49. The number of ether oxygens (including phenoxy) is 1. The van der Waals surface area contributed by atoms with Crippen molar-refractivity contribution in [3.8, 4) is 11.5 Å². The van der Waals surface area contributed by atoms with Gasteiger partial charge in [0.2, 0.25) is 5.91 Å². The summed E-state index contributed by atoms with van der Waals surface area (Å²) < 4.78 is 5.32. The highest BCUT2D eigenvalue weighted by atomic mass is 16.5. The van der Waals surface area contributed by atoms with Gasteiger partial charge in [0.25, 0.3) is 0 Å². The number of methoxy groups -OCH3 is 1. The third-order valence-corrected chi connectivity index (χ3v) is 3.64. The number of nitrogens with one attached hydrogen (secondary N) is 1. The fourth-order valence-electron chi connectivity index (χ4n) is 2.46. The molecule has 0 radical (unpaired) electrons. The molecule has 1 aliphatic heterocycles. The van der Waals surface area contributed by atoms with E-state index in [1.807, 2.05) is 0 Å². The van der Waals surface area contributed by atoms with Crippen molar-refractivity contribution in [2.24, 2.45) is 5.73 Å². The van der Waals surface area contributed by atoms with Gasteiger partial charge in [-0.25, -0.2) is 0 Å². The SMILES string of the molecule is COc1cc(CCCN)c(O)c2c1NC(=O)C2(C)C. The van der Waals surface area contributed by atoms with Crippen molar-refractivity contribution < 1.29 is 14.6 Å². The first-order valence-electron chi connectivity index (χ1n) is 6.38. The van der Waals surface area contributed by atoms with Gasteiger partial charge in [-0.2, -0.15) is 0 Å². The molecule has 5 nitrogen and oxygen atoms in total. The molecule has 19 heavy (non-hydrogen) atoms. The van der Waals surface area contributed by atoms with E-state index in [1.54, 1.807) is 27.0 Å². The van der Waals surface area contributed by atoms with Gasteiger partial charge >= 0.3 is 0 Å². The second-order valence-corrected chi connectivity index (χ2v) is 5.31. The maximum Gasteiger partial charge on any atom is 0.234 e. The number of hydrogen-bond acceptors (Lipinski definition) is 4. The first-order valence-corrected chi connectivity index (χ1v) is 6.38. The van der Waals surface area contributed by atoms with Gasteiger partial charge in [-0.1, -0.05) is 0 Å². The van der Waals surface area contributed by atoms with E-state index in [9.17, 15) is 9.90 Å². The van der Waals surface area contributed by atoms with Crippen LogP contribution >= 0.6 is 0 Å². The summed E-state index contributed by atoms with van der Waals surface area (Å²) in [6.07, 6.45) is 1.44. The molecular formula is C14H20N2O3. The lowest BCUT2D eigenvalue weighted by Gasteiger charge is -2.19. The van der Waals surface area contributed by atoms with Crippen LogP contribution in [0.25, 0.3) is 0 Å². The van der Waals surface area contributed by atoms with Gasteiger partial charge in [-0.3, -0.25) is 4.79 Å². The average molecular weight is 264 g/mol. The minimum atomic E-state index is -0.759. The number of nitrogens with two attached hydrogens (primary N) is 1. The quantitative estimate of drug-likeness (QED) is 0.769. The zero-order valence-electron chi connectivity index (χ0n) is 11.5. The second kappa shape index (κ2) is 4.74. The molecule has 1 heterocycles. The van der Waals surface area contributed by atoms with Crippen LogP contribution in [0.15, 0.2) is 6.07 Å². The molecule has 0 bridgehead atoms. The number of hydrogen-bond donors (Lipinski definition) is 3. The fraction of sp³-hybridized carbons (Fsp3) is 0.500. The smallest absolute Gasteiger partial charge is 0.234 e. The van der Waals surface area contributed by atoms with Gasteiger partial charge in [0.15, 0.2) is 0 Å². The van der Waals surface area contributed by atoms with E-state index >= 15 is 0 Å². The number of fused-ring (bicyclic) bond motifs is 1. The second-order valence-electron chi connectivity index (χ2n) is 5.31. The van der Waals surface area contributed by atoms with Crippen molar-refractivity contribution in [2.75, 3.05) is 19.0 Å². The van der Waals surface area contributed by atoms with Crippen LogP contribution in [0.5, 0.6) is 11.5 Å². The van der Waals surface area contributed by atoms with Gasteiger partial charge in [0.1, 0.15) is 11.5 Å². The average Bonchev–Trinajstić information content (AvgIpc) is 2.60. The summed E-state index contributed by atoms with van der Waals surface area (Å²) in [6, 6.07) is 1.77. The summed E-state index contributed by atoms with van der Waals surface area (Å²) >= 11 is 0. The Morgan fingerprint density at radius 1 is 1.47 bits per heavy atom. The topological polar surface area (TPSA) is 84.6 Å². The highest BCUT2D eigenvalue weighted by Gasteiger charge is 2.43. The van der Waals surface area contributed by atoms with Crippen molar-refractivity contribution in [3.63, 3.8) is 0 Å². The molecule has 1 aliphatic rings. The van der Waals surface area contributed by atoms with E-state index in [0.717, 1.165) is 12.0 Å². The first kappa shape index (κ1) is 13.7. The summed E-state index contributed by atoms with van der Waals surface area (Å²) in [5.41, 5.74) is 6.71. The van der Waals surface area contributed by atoms with E-state index in [4.69, 9.17) is 10.5 Å². The highest BCUT2D eigenvalue weighted by molar-refractivity contribution is 6.08. The zero-order valence-corrected chi connectivity index (χ0v) is 11.5. The lowest BCUT2D eigenvalue weighted by molar-refractivity contribution is -0.119. The Bertz CT molecular complexity index is 524. The number of phenols is 1. The van der Waals surface area contributed by atoms with Crippen LogP contribution in [-0.4, -0.2) is 24.7 Å². The Morgan fingerprint density at radius 2 is 2.16 bits per heavy atom. The number of amides is 1. The van der Waals surface area contributed by atoms with Crippen LogP contribution in [0.2, 0.25) is 0 Å². The largest absolute Gasteiger partial charge is 0.507 e. The normalized spacial score (nSPS) is 16.1. The molecule has 1 aromatic carbocycles. The molecule has 1 amide bonds. The van der Waals surface area contributed by atoms with E-state index in [1.165, 1.54) is 0 Å². The lowest BCUT2D eigenvalue weighted by atomic mass is 9.84. The van der Waals surface area contributed by atoms with Crippen molar-refractivity contribution >= 4 is 11.6 Å². The van der Waals surface area contributed by atoms with E-state index in [-0.39, 0.29) is 11.7 Å². The number of phenolic OH excluding ortho intramolecular Hbond substituents is 1. The van der Waals surface area contributed by atoms with Crippen molar-refractivity contribution in [2.45, 2.75) is 32.1 Å². The molecule has 4 N–H and O–H groups in total. The maximum absolute atomic E-state index is 12.0. The standard InChI is InChI=1S/C14H20N2O3/c1-14(2)10-11(16-13(14)18)9(19-3)7-8(12(10)17)5-4-6-15/h7,17H,4-6,15H2,1-3H3,(H,16,18). The van der Waals surface area contributed by atoms with E-state index in [2.05, 4.69) is 5.32 Å². The molecule has 0 fully saturated rings. The first-order chi connectivity index (χ1) is 8.93. The lowest BCUT2D eigenvalue weighted by Crippen LogP contribution is -2.27. The molecule has 0 atom stereocenters. The summed E-state index contributed by atoms with van der Waals surface area (Å²) in [6.45, 7) is 4.14. The van der Waals surface area contributed by atoms with Gasteiger partial charge in [-0.15, -0.1) is 0 Å². The molecule has 1 aromatic rings. The monoisotopic (exact) mass is 264 g/mol. The van der Waals surface area contributed by atoms with Crippen LogP contribution in [0.1, 0.15) is 31.4 Å². The van der Waals surface area contributed by atoms with Crippen LogP contribution in [0, 0.1) is 0 Å². The third-order valence-electron chi connectivity index (χ3n) is 3.64. The number of benzene rings is 1. The Morgan fingerprint density at radius 3 is 2.74 bits per heavy atom. The number of carbonyl (C=O) groups excluding carboxylic acids is 1. The molecule has 0 saturated carbocycles.